The Morgan fingerprint density at radius 2 is 1.92 bits per heavy atom. The molecule has 0 saturated carbocycles. The average molecular weight is 164 g/mol. The van der Waals surface area contributed by atoms with Gasteiger partial charge in [-0.1, -0.05) is 0 Å². The minimum Gasteiger partial charge on any atom is -0.366 e. The predicted molar refractivity (Wildman–Crippen MR) is 42.5 cm³/mol. The molecule has 6 heteroatoms. The molecule has 0 amide bonds. The minimum absolute atomic E-state index is 0.264. The average Bonchev–Trinajstić information content (AvgIpc) is 2.35. The Balaban J connectivity index is 2.87. The lowest BCUT2D eigenvalue weighted by atomic mass is 10.4. The molecule has 0 saturated heterocycles. The van der Waals surface area contributed by atoms with Crippen LogP contribution in [-0.2, 0) is 0 Å². The molecular weight excluding hydrogens is 156 g/mol. The van der Waals surface area contributed by atoms with Gasteiger partial charge in [-0.2, -0.15) is 9.61 Å². The second kappa shape index (κ2) is 2.13. The smallest absolute Gasteiger partial charge is 0.273 e. The van der Waals surface area contributed by atoms with E-state index in [0.29, 0.717) is 5.78 Å². The Bertz CT molecular complexity index is 431. The largest absolute Gasteiger partial charge is 0.366 e. The second-order valence-electron chi connectivity index (χ2n) is 2.55. The van der Waals surface area contributed by atoms with Crippen LogP contribution in [0.1, 0.15) is 11.4 Å². The normalized spacial score (nSPS) is 10.8. The number of nitrogen functional groups attached to an aromatic ring is 1. The van der Waals surface area contributed by atoms with Gasteiger partial charge >= 0.3 is 0 Å². The van der Waals surface area contributed by atoms with Crippen molar-refractivity contribution < 1.29 is 0 Å². The van der Waals surface area contributed by atoms with Gasteiger partial charge in [0.15, 0.2) is 0 Å². The second-order valence-corrected chi connectivity index (χ2v) is 2.55. The fourth-order valence-electron chi connectivity index (χ4n) is 0.902. The van der Waals surface area contributed by atoms with E-state index in [1.54, 1.807) is 0 Å². The number of rotatable bonds is 0. The molecular formula is C6H8N6. The molecule has 0 aromatic carbocycles. The van der Waals surface area contributed by atoms with Crippen molar-refractivity contribution in [3.05, 3.63) is 11.4 Å². The van der Waals surface area contributed by atoms with E-state index < -0.39 is 0 Å². The lowest BCUT2D eigenvalue weighted by molar-refractivity contribution is 0.855. The van der Waals surface area contributed by atoms with Crippen LogP contribution >= 0.6 is 0 Å². The van der Waals surface area contributed by atoms with Gasteiger partial charge in [0.05, 0.1) is 11.4 Å². The monoisotopic (exact) mass is 164 g/mol. The van der Waals surface area contributed by atoms with E-state index in [9.17, 15) is 0 Å². The number of fused-ring (bicyclic) bond motifs is 1. The third kappa shape index (κ3) is 0.810. The number of hydrogen-bond donors (Lipinski definition) is 1. The molecule has 62 valence electrons. The van der Waals surface area contributed by atoms with Crippen LogP contribution in [0.15, 0.2) is 0 Å². The van der Waals surface area contributed by atoms with Crippen LogP contribution in [0, 0.1) is 13.8 Å². The van der Waals surface area contributed by atoms with Gasteiger partial charge in [-0.25, -0.2) is 4.98 Å². The SMILES string of the molecule is Cc1nc2nnc(N)n2nc1C. The van der Waals surface area contributed by atoms with Gasteiger partial charge in [0.1, 0.15) is 0 Å². The Morgan fingerprint density at radius 3 is 2.67 bits per heavy atom. The maximum absolute atomic E-state index is 5.48. The molecule has 0 atom stereocenters. The van der Waals surface area contributed by atoms with Crippen molar-refractivity contribution in [1.82, 2.24) is 24.8 Å². The molecule has 0 aliphatic carbocycles. The molecule has 0 aliphatic heterocycles. The molecule has 0 bridgehead atoms. The standard InChI is InChI=1S/C6H8N6/c1-3-4(2)11-12-5(7)9-10-6(12)8-3/h1-2H3,(H2,7,9). The zero-order valence-corrected chi connectivity index (χ0v) is 6.81. The van der Waals surface area contributed by atoms with E-state index in [2.05, 4.69) is 20.3 Å². The van der Waals surface area contributed by atoms with Crippen LogP contribution in [0.25, 0.3) is 5.78 Å². The van der Waals surface area contributed by atoms with Crippen LogP contribution in [0.5, 0.6) is 0 Å². The topological polar surface area (TPSA) is 82.0 Å². The summed E-state index contributed by atoms with van der Waals surface area (Å²) in [5.41, 5.74) is 7.15. The zero-order valence-electron chi connectivity index (χ0n) is 6.81. The summed E-state index contributed by atoms with van der Waals surface area (Å²) in [4.78, 5) is 4.14. The van der Waals surface area contributed by atoms with E-state index in [-0.39, 0.29) is 5.95 Å². The Hall–Kier alpha value is -1.72. The molecule has 0 radical (unpaired) electrons. The van der Waals surface area contributed by atoms with Crippen molar-refractivity contribution in [3.8, 4) is 0 Å². The number of aryl methyl sites for hydroxylation is 2. The number of nitrogens with two attached hydrogens (primary N) is 1. The molecule has 12 heavy (non-hydrogen) atoms. The molecule has 0 aliphatic rings. The Morgan fingerprint density at radius 1 is 1.17 bits per heavy atom. The van der Waals surface area contributed by atoms with Gasteiger partial charge in [0.25, 0.3) is 5.78 Å². The van der Waals surface area contributed by atoms with Gasteiger partial charge in [0.2, 0.25) is 5.95 Å². The van der Waals surface area contributed by atoms with Gasteiger partial charge in [-0.05, 0) is 13.8 Å². The Kier molecular flexibility index (Phi) is 1.24. The first-order chi connectivity index (χ1) is 5.68. The van der Waals surface area contributed by atoms with Gasteiger partial charge in [-0.15, -0.1) is 10.2 Å². The van der Waals surface area contributed by atoms with Gasteiger partial charge in [-0.3, -0.25) is 0 Å². The highest BCUT2D eigenvalue weighted by atomic mass is 15.4. The highest BCUT2D eigenvalue weighted by Crippen LogP contribution is 2.03. The fourth-order valence-corrected chi connectivity index (χ4v) is 0.902. The van der Waals surface area contributed by atoms with Crippen LogP contribution in [0.4, 0.5) is 5.95 Å². The summed E-state index contributed by atoms with van der Waals surface area (Å²) >= 11 is 0. The molecule has 2 aromatic rings. The number of nitrogens with zero attached hydrogens (tertiary/aromatic N) is 5. The van der Waals surface area contributed by atoms with E-state index in [1.807, 2.05) is 13.8 Å². The van der Waals surface area contributed by atoms with Crippen LogP contribution in [0.3, 0.4) is 0 Å². The van der Waals surface area contributed by atoms with E-state index in [4.69, 9.17) is 5.73 Å². The molecule has 2 aromatic heterocycles. The van der Waals surface area contributed by atoms with Crippen molar-refractivity contribution in [2.45, 2.75) is 13.8 Å². The van der Waals surface area contributed by atoms with Crippen molar-refractivity contribution in [2.75, 3.05) is 5.73 Å². The lowest BCUT2D eigenvalue weighted by Gasteiger charge is -1.97. The highest BCUT2D eigenvalue weighted by molar-refractivity contribution is 5.34. The van der Waals surface area contributed by atoms with Gasteiger partial charge in [0, 0.05) is 0 Å². The van der Waals surface area contributed by atoms with Crippen molar-refractivity contribution >= 4 is 11.7 Å². The van der Waals surface area contributed by atoms with E-state index >= 15 is 0 Å². The van der Waals surface area contributed by atoms with Crippen molar-refractivity contribution in [1.29, 1.82) is 0 Å². The summed E-state index contributed by atoms with van der Waals surface area (Å²) in [6.45, 7) is 3.73. The summed E-state index contributed by atoms with van der Waals surface area (Å²) < 4.78 is 1.42. The molecule has 2 N–H and O–H groups in total. The van der Waals surface area contributed by atoms with E-state index in [0.717, 1.165) is 11.4 Å². The molecule has 0 fully saturated rings. The molecule has 0 unspecified atom stereocenters. The van der Waals surface area contributed by atoms with E-state index in [1.165, 1.54) is 4.52 Å². The first-order valence-corrected chi connectivity index (χ1v) is 3.50. The summed E-state index contributed by atoms with van der Waals surface area (Å²) in [6, 6.07) is 0. The lowest BCUT2D eigenvalue weighted by Crippen LogP contribution is -2.03. The number of aromatic nitrogens is 5. The summed E-state index contributed by atoms with van der Waals surface area (Å²) in [5.74, 6) is 0.705. The quantitative estimate of drug-likeness (QED) is 0.579. The van der Waals surface area contributed by atoms with Crippen molar-refractivity contribution in [2.24, 2.45) is 0 Å². The molecule has 2 rings (SSSR count). The molecule has 0 spiro atoms. The Labute approximate surface area is 68.4 Å². The van der Waals surface area contributed by atoms with Crippen LogP contribution < -0.4 is 5.73 Å². The molecule has 6 nitrogen and oxygen atoms in total. The predicted octanol–water partition coefficient (Wildman–Crippen LogP) is -0.282. The molecule has 2 heterocycles. The third-order valence-electron chi connectivity index (χ3n) is 1.69. The minimum atomic E-state index is 0.264. The summed E-state index contributed by atoms with van der Waals surface area (Å²) in [5, 5.41) is 11.5. The first-order valence-electron chi connectivity index (χ1n) is 3.50. The van der Waals surface area contributed by atoms with Crippen molar-refractivity contribution in [3.63, 3.8) is 0 Å². The summed E-state index contributed by atoms with van der Waals surface area (Å²) in [7, 11) is 0. The first kappa shape index (κ1) is 6.96. The van der Waals surface area contributed by atoms with Crippen LogP contribution in [0.2, 0.25) is 0 Å². The van der Waals surface area contributed by atoms with Gasteiger partial charge < -0.3 is 5.73 Å². The number of anilines is 1. The third-order valence-corrected chi connectivity index (χ3v) is 1.69. The number of hydrogen-bond acceptors (Lipinski definition) is 5. The maximum atomic E-state index is 5.48. The summed E-state index contributed by atoms with van der Waals surface area (Å²) in [6.07, 6.45) is 0. The maximum Gasteiger partial charge on any atom is 0.273 e. The zero-order chi connectivity index (χ0) is 8.72. The van der Waals surface area contributed by atoms with Crippen LogP contribution in [-0.4, -0.2) is 24.8 Å². The fraction of sp³-hybridized carbons (Fsp3) is 0.333. The highest BCUT2D eigenvalue weighted by Gasteiger charge is 2.05.